The monoisotopic (exact) mass is 300 g/mol. The van der Waals surface area contributed by atoms with Crippen molar-refractivity contribution in [3.63, 3.8) is 0 Å². The normalized spacial score (nSPS) is 10.5. The van der Waals surface area contributed by atoms with Crippen molar-refractivity contribution < 1.29 is 0 Å². The Balaban J connectivity index is 2.15. The van der Waals surface area contributed by atoms with Crippen LogP contribution in [0.2, 0.25) is 0 Å². The molecule has 3 rings (SSSR count). The van der Waals surface area contributed by atoms with Crippen LogP contribution in [-0.4, -0.2) is 20.6 Å². The Morgan fingerprint density at radius 3 is 2.28 bits per heavy atom. The van der Waals surface area contributed by atoms with Gasteiger partial charge in [-0.15, -0.1) is 10.2 Å². The SMILES string of the molecule is Brc1ccc(-c2ccccc2-c2nn[nH]n2)cc1. The summed E-state index contributed by atoms with van der Waals surface area (Å²) in [6.07, 6.45) is 0. The Kier molecular flexibility index (Phi) is 2.90. The number of nitrogens with zero attached hydrogens (tertiary/aromatic N) is 3. The number of benzene rings is 2. The maximum absolute atomic E-state index is 4.03. The van der Waals surface area contributed by atoms with E-state index < -0.39 is 0 Å². The smallest absolute Gasteiger partial charge is 0.177 e. The highest BCUT2D eigenvalue weighted by atomic mass is 79.9. The number of nitrogens with one attached hydrogen (secondary N) is 1. The lowest BCUT2D eigenvalue weighted by Gasteiger charge is -2.06. The molecule has 0 radical (unpaired) electrons. The van der Waals surface area contributed by atoms with Crippen LogP contribution >= 0.6 is 15.9 Å². The molecule has 5 heteroatoms. The zero-order valence-electron chi connectivity index (χ0n) is 9.34. The molecule has 1 aromatic heterocycles. The number of halogens is 1. The minimum absolute atomic E-state index is 0.605. The third kappa shape index (κ3) is 2.04. The molecule has 2 aromatic carbocycles. The molecule has 0 spiro atoms. The van der Waals surface area contributed by atoms with Crippen molar-refractivity contribution in [2.45, 2.75) is 0 Å². The molecule has 88 valence electrons. The van der Waals surface area contributed by atoms with Crippen LogP contribution in [0.3, 0.4) is 0 Å². The van der Waals surface area contributed by atoms with Crippen LogP contribution in [0.25, 0.3) is 22.5 Å². The summed E-state index contributed by atoms with van der Waals surface area (Å²) < 4.78 is 1.06. The lowest BCUT2D eigenvalue weighted by atomic mass is 9.99. The van der Waals surface area contributed by atoms with Gasteiger partial charge in [0.05, 0.1) is 0 Å². The average molecular weight is 301 g/mol. The molecule has 0 amide bonds. The zero-order chi connectivity index (χ0) is 12.4. The lowest BCUT2D eigenvalue weighted by Crippen LogP contribution is -1.87. The van der Waals surface area contributed by atoms with E-state index in [1.165, 1.54) is 0 Å². The summed E-state index contributed by atoms with van der Waals surface area (Å²) in [7, 11) is 0. The van der Waals surface area contributed by atoms with Crippen LogP contribution in [0.15, 0.2) is 53.0 Å². The van der Waals surface area contributed by atoms with Crippen LogP contribution in [0.1, 0.15) is 0 Å². The summed E-state index contributed by atoms with van der Waals surface area (Å²) in [6.45, 7) is 0. The van der Waals surface area contributed by atoms with Gasteiger partial charge in [0.15, 0.2) is 0 Å². The topological polar surface area (TPSA) is 54.5 Å². The molecule has 18 heavy (non-hydrogen) atoms. The molecular weight excluding hydrogens is 292 g/mol. The van der Waals surface area contributed by atoms with Crippen molar-refractivity contribution in [2.24, 2.45) is 0 Å². The summed E-state index contributed by atoms with van der Waals surface area (Å²) in [5, 5.41) is 14.1. The van der Waals surface area contributed by atoms with Crippen molar-refractivity contribution >= 4 is 15.9 Å². The second-order valence-corrected chi connectivity index (χ2v) is 4.70. The molecule has 0 bridgehead atoms. The number of H-pyrrole nitrogens is 1. The van der Waals surface area contributed by atoms with Crippen molar-refractivity contribution in [3.8, 4) is 22.5 Å². The van der Waals surface area contributed by atoms with Crippen molar-refractivity contribution in [3.05, 3.63) is 53.0 Å². The maximum Gasteiger partial charge on any atom is 0.205 e. The van der Waals surface area contributed by atoms with E-state index in [1.54, 1.807) is 0 Å². The van der Waals surface area contributed by atoms with Gasteiger partial charge in [0.25, 0.3) is 0 Å². The van der Waals surface area contributed by atoms with E-state index in [9.17, 15) is 0 Å². The second-order valence-electron chi connectivity index (χ2n) is 3.79. The van der Waals surface area contributed by atoms with Crippen LogP contribution in [0, 0.1) is 0 Å². The fourth-order valence-corrected chi connectivity index (χ4v) is 2.10. The van der Waals surface area contributed by atoms with E-state index in [-0.39, 0.29) is 0 Å². The molecule has 0 saturated heterocycles. The highest BCUT2D eigenvalue weighted by molar-refractivity contribution is 9.10. The van der Waals surface area contributed by atoms with E-state index in [0.717, 1.165) is 21.2 Å². The predicted molar refractivity (Wildman–Crippen MR) is 72.7 cm³/mol. The summed E-state index contributed by atoms with van der Waals surface area (Å²) in [4.78, 5) is 0. The first-order valence-electron chi connectivity index (χ1n) is 5.43. The highest BCUT2D eigenvalue weighted by Crippen LogP contribution is 2.30. The summed E-state index contributed by atoms with van der Waals surface area (Å²) >= 11 is 3.44. The molecule has 0 aliphatic carbocycles. The minimum atomic E-state index is 0.605. The molecule has 1 N–H and O–H groups in total. The van der Waals surface area contributed by atoms with Gasteiger partial charge in [-0.1, -0.05) is 52.3 Å². The molecule has 0 fully saturated rings. The second kappa shape index (κ2) is 4.70. The van der Waals surface area contributed by atoms with E-state index in [2.05, 4.69) is 54.8 Å². The lowest BCUT2D eigenvalue weighted by molar-refractivity contribution is 0.881. The Morgan fingerprint density at radius 2 is 1.61 bits per heavy atom. The number of hydrogen-bond donors (Lipinski definition) is 1. The van der Waals surface area contributed by atoms with E-state index in [4.69, 9.17) is 0 Å². The molecule has 4 nitrogen and oxygen atoms in total. The summed E-state index contributed by atoms with van der Waals surface area (Å²) in [5.41, 5.74) is 3.18. The first-order chi connectivity index (χ1) is 8.84. The third-order valence-corrected chi connectivity index (χ3v) is 3.20. The average Bonchev–Trinajstić information content (AvgIpc) is 2.93. The van der Waals surface area contributed by atoms with E-state index in [0.29, 0.717) is 5.82 Å². The molecule has 3 aromatic rings. The standard InChI is InChI=1S/C13H9BrN4/c14-10-7-5-9(6-8-10)11-3-1-2-4-12(11)13-15-17-18-16-13/h1-8H,(H,15,16,17,18). The van der Waals surface area contributed by atoms with Gasteiger partial charge in [-0.05, 0) is 28.5 Å². The van der Waals surface area contributed by atoms with Crippen molar-refractivity contribution in [2.75, 3.05) is 0 Å². The van der Waals surface area contributed by atoms with Gasteiger partial charge in [-0.3, -0.25) is 0 Å². The van der Waals surface area contributed by atoms with Gasteiger partial charge in [0.1, 0.15) is 0 Å². The van der Waals surface area contributed by atoms with Crippen LogP contribution < -0.4 is 0 Å². The van der Waals surface area contributed by atoms with Gasteiger partial charge in [0, 0.05) is 10.0 Å². The number of aromatic nitrogens is 4. The van der Waals surface area contributed by atoms with Gasteiger partial charge >= 0.3 is 0 Å². The summed E-state index contributed by atoms with van der Waals surface area (Å²) in [5.74, 6) is 0.605. The van der Waals surface area contributed by atoms with Gasteiger partial charge in [-0.25, -0.2) is 0 Å². The van der Waals surface area contributed by atoms with Crippen LogP contribution in [-0.2, 0) is 0 Å². The Morgan fingerprint density at radius 1 is 0.889 bits per heavy atom. The van der Waals surface area contributed by atoms with Crippen molar-refractivity contribution in [1.82, 2.24) is 20.6 Å². The van der Waals surface area contributed by atoms with Crippen LogP contribution in [0.4, 0.5) is 0 Å². The first kappa shape index (κ1) is 11.1. The predicted octanol–water partition coefficient (Wildman–Crippen LogP) is 3.30. The third-order valence-electron chi connectivity index (χ3n) is 2.67. The molecule has 1 heterocycles. The van der Waals surface area contributed by atoms with E-state index in [1.807, 2.05) is 30.3 Å². The molecule has 0 saturated carbocycles. The van der Waals surface area contributed by atoms with Gasteiger partial charge in [0.2, 0.25) is 5.82 Å². The fourth-order valence-electron chi connectivity index (χ4n) is 1.84. The summed E-state index contributed by atoms with van der Waals surface area (Å²) in [6, 6.07) is 16.2. The minimum Gasteiger partial charge on any atom is -0.177 e. The Labute approximate surface area is 112 Å². The van der Waals surface area contributed by atoms with Crippen molar-refractivity contribution in [1.29, 1.82) is 0 Å². The largest absolute Gasteiger partial charge is 0.205 e. The Hall–Kier alpha value is -2.01. The van der Waals surface area contributed by atoms with Crippen LogP contribution in [0.5, 0.6) is 0 Å². The number of rotatable bonds is 2. The van der Waals surface area contributed by atoms with E-state index >= 15 is 0 Å². The molecule has 0 aliphatic heterocycles. The zero-order valence-corrected chi connectivity index (χ0v) is 10.9. The first-order valence-corrected chi connectivity index (χ1v) is 6.23. The van der Waals surface area contributed by atoms with Gasteiger partial charge < -0.3 is 0 Å². The van der Waals surface area contributed by atoms with Gasteiger partial charge in [-0.2, -0.15) is 5.21 Å². The molecule has 0 aliphatic rings. The number of aromatic amines is 1. The maximum atomic E-state index is 4.03. The molecular formula is C13H9BrN4. The highest BCUT2D eigenvalue weighted by Gasteiger charge is 2.09. The fraction of sp³-hybridized carbons (Fsp3) is 0. The number of hydrogen-bond acceptors (Lipinski definition) is 3. The quantitative estimate of drug-likeness (QED) is 0.790. The number of tetrazole rings is 1. The Bertz CT molecular complexity index is 647. The molecule has 0 unspecified atom stereocenters. The molecule has 0 atom stereocenters.